The molecular weight excluding hydrogens is 535 g/mol. The van der Waals surface area contributed by atoms with Crippen molar-refractivity contribution in [3.8, 4) is 0 Å². The summed E-state index contributed by atoms with van der Waals surface area (Å²) in [5.74, 6) is 1.17. The summed E-state index contributed by atoms with van der Waals surface area (Å²) in [6, 6.07) is 12.4. The van der Waals surface area contributed by atoms with Gasteiger partial charge in [0, 0.05) is 48.8 Å². The molecule has 4 N–H and O–H groups in total. The number of rotatable bonds is 4. The number of benzene rings is 2. The van der Waals surface area contributed by atoms with Crippen molar-refractivity contribution in [1.29, 1.82) is 0 Å². The molecule has 35 heavy (non-hydrogen) atoms. The highest BCUT2D eigenvalue weighted by Gasteiger charge is 2.22. The quantitative estimate of drug-likeness (QED) is 0.466. The lowest BCUT2D eigenvalue weighted by Gasteiger charge is -2.35. The largest absolute Gasteiger partial charge is 0.412 e. The Morgan fingerprint density at radius 3 is 2.51 bits per heavy atom. The van der Waals surface area contributed by atoms with E-state index in [4.69, 9.17) is 16.2 Å². The van der Waals surface area contributed by atoms with E-state index in [1.54, 1.807) is 11.5 Å². The number of anilines is 2. The Morgan fingerprint density at radius 2 is 1.83 bits per heavy atom. The molecule has 1 aromatic heterocycles. The molecule has 0 unspecified atom stereocenters. The van der Waals surface area contributed by atoms with Crippen LogP contribution in [0.5, 0.6) is 0 Å². The molecule has 13 heteroatoms. The first-order valence-electron chi connectivity index (χ1n) is 10.5. The molecule has 3 heterocycles. The first-order chi connectivity index (χ1) is 15.7. The fourth-order valence-electron chi connectivity index (χ4n) is 4.05. The molecule has 1 saturated heterocycles. The van der Waals surface area contributed by atoms with E-state index >= 15 is 0 Å². The Hall–Kier alpha value is -1.99. The van der Waals surface area contributed by atoms with Gasteiger partial charge in [-0.2, -0.15) is 12.8 Å². The molecule has 192 valence electrons. The Kier molecular flexibility index (Phi) is 10.3. The molecular formula is C22H28Cl2N4O5S2. The molecule has 0 radical (unpaired) electrons. The second-order valence-electron chi connectivity index (χ2n) is 8.14. The van der Waals surface area contributed by atoms with E-state index < -0.39 is 10.1 Å². The maximum atomic E-state index is 11.6. The van der Waals surface area contributed by atoms with Gasteiger partial charge < -0.3 is 15.7 Å². The second kappa shape index (κ2) is 12.3. The SMILES string of the molecule is CS(=O)(=O)O.Cl.O.O=C1Cc2cc(CCN3CCN(c4nsc5ccccc45)CC3)c(Cl)cc2N1. The fourth-order valence-corrected chi connectivity index (χ4v) is 5.11. The van der Waals surface area contributed by atoms with Gasteiger partial charge >= 0.3 is 0 Å². The Morgan fingerprint density at radius 1 is 1.17 bits per heavy atom. The van der Waals surface area contributed by atoms with Crippen molar-refractivity contribution >= 4 is 73.2 Å². The van der Waals surface area contributed by atoms with E-state index in [0.29, 0.717) is 12.7 Å². The first kappa shape index (κ1) is 29.2. The predicted molar refractivity (Wildman–Crippen MR) is 144 cm³/mol. The van der Waals surface area contributed by atoms with Crippen molar-refractivity contribution in [2.45, 2.75) is 12.8 Å². The summed E-state index contributed by atoms with van der Waals surface area (Å²) in [7, 11) is -3.67. The van der Waals surface area contributed by atoms with Crippen molar-refractivity contribution in [3.63, 3.8) is 0 Å². The number of nitrogens with zero attached hydrogens (tertiary/aromatic N) is 3. The van der Waals surface area contributed by atoms with Crippen LogP contribution in [0.1, 0.15) is 11.1 Å². The number of hydrogen-bond donors (Lipinski definition) is 2. The van der Waals surface area contributed by atoms with Gasteiger partial charge in [-0.05, 0) is 47.3 Å². The Labute approximate surface area is 219 Å². The second-order valence-corrected chi connectivity index (χ2v) is 10.8. The third-order valence-electron chi connectivity index (χ3n) is 5.62. The van der Waals surface area contributed by atoms with Gasteiger partial charge in [-0.25, -0.2) is 0 Å². The lowest BCUT2D eigenvalue weighted by Crippen LogP contribution is -2.47. The average Bonchev–Trinajstić information content (AvgIpc) is 3.33. The molecule has 2 aromatic carbocycles. The van der Waals surface area contributed by atoms with Crippen molar-refractivity contribution < 1.29 is 23.2 Å². The number of piperazine rings is 1. The predicted octanol–water partition coefficient (Wildman–Crippen LogP) is 2.91. The number of fused-ring (bicyclic) bond motifs is 2. The van der Waals surface area contributed by atoms with Crippen LogP contribution in [0.25, 0.3) is 10.1 Å². The molecule has 5 rings (SSSR count). The standard InChI is InChI=1S/C21H21ClN4OS.CH4O3S.ClH.H2O/c22-17-13-18-15(12-20(27)23-18)11-14(17)5-6-25-7-9-26(10-8-25)21-16-3-1-2-4-19(16)28-24-21;1-5(2,3)4;;/h1-4,11,13H,5-10,12H2,(H,23,27);1H3,(H,2,3,4);1H;1H2. The molecule has 0 atom stereocenters. The van der Waals surface area contributed by atoms with Gasteiger partial charge in [0.25, 0.3) is 10.1 Å². The highest BCUT2D eigenvalue weighted by Crippen LogP contribution is 2.31. The molecule has 0 saturated carbocycles. The van der Waals surface area contributed by atoms with Crippen LogP contribution in [0.15, 0.2) is 36.4 Å². The van der Waals surface area contributed by atoms with Gasteiger partial charge in [-0.3, -0.25) is 14.2 Å². The van der Waals surface area contributed by atoms with Gasteiger partial charge in [0.15, 0.2) is 0 Å². The molecule has 9 nitrogen and oxygen atoms in total. The molecule has 0 bridgehead atoms. The van der Waals surface area contributed by atoms with E-state index in [-0.39, 0.29) is 23.8 Å². The number of carbonyl (C=O) groups is 1. The van der Waals surface area contributed by atoms with Crippen LogP contribution in [-0.4, -0.2) is 72.6 Å². The molecule has 1 amide bonds. The monoisotopic (exact) mass is 562 g/mol. The minimum atomic E-state index is -3.67. The summed E-state index contributed by atoms with van der Waals surface area (Å²) in [5, 5.41) is 4.86. The van der Waals surface area contributed by atoms with Crippen molar-refractivity contribution in [2.75, 3.05) is 49.2 Å². The highest BCUT2D eigenvalue weighted by molar-refractivity contribution is 7.85. The van der Waals surface area contributed by atoms with E-state index in [0.717, 1.165) is 66.8 Å². The summed E-state index contributed by atoms with van der Waals surface area (Å²) in [5.41, 5.74) is 3.05. The topological polar surface area (TPSA) is 134 Å². The lowest BCUT2D eigenvalue weighted by molar-refractivity contribution is -0.115. The van der Waals surface area contributed by atoms with Crippen LogP contribution in [0, 0.1) is 0 Å². The van der Waals surface area contributed by atoms with Gasteiger partial charge in [-0.15, -0.1) is 12.4 Å². The maximum absolute atomic E-state index is 11.6. The van der Waals surface area contributed by atoms with Crippen molar-refractivity contribution in [1.82, 2.24) is 9.27 Å². The van der Waals surface area contributed by atoms with E-state index in [2.05, 4.69) is 49.8 Å². The average molecular weight is 564 g/mol. The zero-order valence-electron chi connectivity index (χ0n) is 19.0. The van der Waals surface area contributed by atoms with Crippen molar-refractivity contribution in [2.24, 2.45) is 0 Å². The molecule has 1 fully saturated rings. The van der Waals surface area contributed by atoms with E-state index in [1.165, 1.54) is 10.1 Å². The van der Waals surface area contributed by atoms with Gasteiger partial charge in [0.05, 0.1) is 17.4 Å². The number of halogens is 2. The Bertz CT molecular complexity index is 1270. The smallest absolute Gasteiger partial charge is 0.261 e. The van der Waals surface area contributed by atoms with E-state index in [9.17, 15) is 13.2 Å². The van der Waals surface area contributed by atoms with Gasteiger partial charge in [-0.1, -0.05) is 29.8 Å². The number of amides is 1. The Balaban J connectivity index is 0.000000565. The first-order valence-corrected chi connectivity index (χ1v) is 13.5. The summed E-state index contributed by atoms with van der Waals surface area (Å²) in [4.78, 5) is 16.4. The van der Waals surface area contributed by atoms with Gasteiger partial charge in [0.2, 0.25) is 5.91 Å². The molecule has 3 aromatic rings. The van der Waals surface area contributed by atoms with Crippen LogP contribution in [-0.2, 0) is 27.8 Å². The summed E-state index contributed by atoms with van der Waals surface area (Å²) < 4.78 is 31.8. The number of carbonyl (C=O) groups excluding carboxylic acids is 1. The van der Waals surface area contributed by atoms with Crippen LogP contribution < -0.4 is 10.2 Å². The minimum absolute atomic E-state index is 0. The molecule has 0 spiro atoms. The maximum Gasteiger partial charge on any atom is 0.261 e. The van der Waals surface area contributed by atoms with Crippen LogP contribution in [0.2, 0.25) is 5.02 Å². The third-order valence-corrected chi connectivity index (χ3v) is 6.79. The molecule has 2 aliphatic rings. The number of nitrogens with one attached hydrogen (secondary N) is 1. The van der Waals surface area contributed by atoms with Gasteiger partial charge in [0.1, 0.15) is 5.82 Å². The number of aromatic nitrogens is 1. The molecule has 0 aliphatic carbocycles. The lowest BCUT2D eigenvalue weighted by atomic mass is 10.1. The summed E-state index contributed by atoms with van der Waals surface area (Å²) >= 11 is 8.01. The summed E-state index contributed by atoms with van der Waals surface area (Å²) in [6.45, 7) is 5.00. The normalized spacial score (nSPS) is 15.4. The van der Waals surface area contributed by atoms with Crippen LogP contribution >= 0.6 is 35.5 Å². The zero-order chi connectivity index (χ0) is 23.6. The zero-order valence-corrected chi connectivity index (χ0v) is 22.2. The molecule has 2 aliphatic heterocycles. The fraction of sp³-hybridized carbons (Fsp3) is 0.364. The third kappa shape index (κ3) is 7.74. The van der Waals surface area contributed by atoms with Crippen LogP contribution in [0.3, 0.4) is 0 Å². The van der Waals surface area contributed by atoms with Crippen molar-refractivity contribution in [3.05, 3.63) is 52.5 Å². The van der Waals surface area contributed by atoms with Crippen LogP contribution in [0.4, 0.5) is 11.5 Å². The summed E-state index contributed by atoms with van der Waals surface area (Å²) in [6.07, 6.45) is 2.08. The highest BCUT2D eigenvalue weighted by atomic mass is 35.5. The minimum Gasteiger partial charge on any atom is -0.412 e. The van der Waals surface area contributed by atoms with E-state index in [1.807, 2.05) is 6.07 Å². The number of hydrogen-bond acceptors (Lipinski definition) is 7.